The number of aromatic nitrogens is 1. The third kappa shape index (κ3) is 2.78. The van der Waals surface area contributed by atoms with Crippen LogP contribution < -0.4 is 5.73 Å². The summed E-state index contributed by atoms with van der Waals surface area (Å²) in [5.41, 5.74) is 6.97. The van der Waals surface area contributed by atoms with Gasteiger partial charge in [-0.2, -0.15) is 5.26 Å². The van der Waals surface area contributed by atoms with E-state index in [-0.39, 0.29) is 12.5 Å². The van der Waals surface area contributed by atoms with E-state index < -0.39 is 5.82 Å². The molecule has 1 aromatic carbocycles. The number of amides is 1. The summed E-state index contributed by atoms with van der Waals surface area (Å²) >= 11 is 0. The first-order valence-corrected chi connectivity index (χ1v) is 5.89. The molecule has 0 saturated heterocycles. The zero-order valence-corrected chi connectivity index (χ0v) is 10.9. The van der Waals surface area contributed by atoms with Crippen molar-refractivity contribution in [2.45, 2.75) is 6.54 Å². The van der Waals surface area contributed by atoms with E-state index in [0.29, 0.717) is 22.5 Å². The minimum atomic E-state index is -0.449. The second kappa shape index (κ2) is 5.45. The fourth-order valence-corrected chi connectivity index (χ4v) is 1.83. The molecule has 0 atom stereocenters. The molecule has 0 spiro atoms. The standard InChI is InChI=1S/C14H13FN4O/c1-19(14(20)13-5-11(17)7-18-13)8-10-4-9(6-16)2-3-12(10)15/h2-5,7,18H,8,17H2,1H3. The summed E-state index contributed by atoms with van der Waals surface area (Å²) in [5.74, 6) is -0.752. The summed E-state index contributed by atoms with van der Waals surface area (Å²) in [6, 6.07) is 7.50. The van der Waals surface area contributed by atoms with E-state index in [1.807, 2.05) is 6.07 Å². The number of nitriles is 1. The lowest BCUT2D eigenvalue weighted by Crippen LogP contribution is -2.27. The van der Waals surface area contributed by atoms with Crippen LogP contribution in [0.2, 0.25) is 0 Å². The van der Waals surface area contributed by atoms with E-state index in [4.69, 9.17) is 11.0 Å². The quantitative estimate of drug-likeness (QED) is 0.894. The summed E-state index contributed by atoms with van der Waals surface area (Å²) in [7, 11) is 1.55. The van der Waals surface area contributed by atoms with Gasteiger partial charge in [0.1, 0.15) is 11.5 Å². The Labute approximate surface area is 115 Å². The van der Waals surface area contributed by atoms with Crippen molar-refractivity contribution in [2.75, 3.05) is 12.8 Å². The van der Waals surface area contributed by atoms with Crippen molar-refractivity contribution < 1.29 is 9.18 Å². The van der Waals surface area contributed by atoms with Crippen LogP contribution in [0.3, 0.4) is 0 Å². The van der Waals surface area contributed by atoms with Gasteiger partial charge in [-0.1, -0.05) is 0 Å². The van der Waals surface area contributed by atoms with E-state index in [2.05, 4.69) is 4.98 Å². The summed E-state index contributed by atoms with van der Waals surface area (Å²) in [6.45, 7) is 0.0686. The summed E-state index contributed by atoms with van der Waals surface area (Å²) < 4.78 is 13.7. The number of hydrogen-bond donors (Lipinski definition) is 2. The molecule has 1 amide bonds. The van der Waals surface area contributed by atoms with Crippen molar-refractivity contribution in [1.82, 2.24) is 9.88 Å². The average Bonchev–Trinajstić information content (AvgIpc) is 2.87. The topological polar surface area (TPSA) is 85.9 Å². The van der Waals surface area contributed by atoms with Gasteiger partial charge in [0.15, 0.2) is 0 Å². The van der Waals surface area contributed by atoms with Crippen molar-refractivity contribution >= 4 is 11.6 Å². The van der Waals surface area contributed by atoms with Crippen LogP contribution in [0.5, 0.6) is 0 Å². The van der Waals surface area contributed by atoms with Crippen LogP contribution in [0.4, 0.5) is 10.1 Å². The van der Waals surface area contributed by atoms with Gasteiger partial charge in [-0.05, 0) is 24.3 Å². The molecule has 5 nitrogen and oxygen atoms in total. The molecule has 2 rings (SSSR count). The van der Waals surface area contributed by atoms with Crippen LogP contribution in [0, 0.1) is 17.1 Å². The minimum absolute atomic E-state index is 0.0686. The molecule has 3 N–H and O–H groups in total. The Morgan fingerprint density at radius 3 is 2.85 bits per heavy atom. The highest BCUT2D eigenvalue weighted by Gasteiger charge is 2.15. The normalized spacial score (nSPS) is 10.1. The first-order chi connectivity index (χ1) is 9.51. The number of nitrogens with zero attached hydrogens (tertiary/aromatic N) is 2. The number of halogens is 1. The van der Waals surface area contributed by atoms with Gasteiger partial charge in [-0.25, -0.2) is 4.39 Å². The lowest BCUT2D eigenvalue weighted by molar-refractivity contribution is 0.0778. The number of H-pyrrole nitrogens is 1. The SMILES string of the molecule is CN(Cc1cc(C#N)ccc1F)C(=O)c1cc(N)c[nH]1. The Bertz CT molecular complexity index is 687. The third-order valence-corrected chi connectivity index (χ3v) is 2.86. The van der Waals surface area contributed by atoms with Gasteiger partial charge in [0.25, 0.3) is 5.91 Å². The van der Waals surface area contributed by atoms with E-state index >= 15 is 0 Å². The molecule has 0 aliphatic carbocycles. The first kappa shape index (κ1) is 13.6. The molecular weight excluding hydrogens is 259 g/mol. The highest BCUT2D eigenvalue weighted by atomic mass is 19.1. The van der Waals surface area contributed by atoms with Crippen molar-refractivity contribution in [3.05, 3.63) is 53.1 Å². The van der Waals surface area contributed by atoms with Gasteiger partial charge in [-0.15, -0.1) is 0 Å². The number of benzene rings is 1. The second-order valence-electron chi connectivity index (χ2n) is 4.43. The molecule has 102 valence electrons. The number of anilines is 1. The van der Waals surface area contributed by atoms with Gasteiger partial charge >= 0.3 is 0 Å². The lowest BCUT2D eigenvalue weighted by Gasteiger charge is -2.17. The molecule has 0 aliphatic heterocycles. The molecule has 0 unspecified atom stereocenters. The molecule has 6 heteroatoms. The zero-order valence-electron chi connectivity index (χ0n) is 10.9. The fraction of sp³-hybridized carbons (Fsp3) is 0.143. The second-order valence-corrected chi connectivity index (χ2v) is 4.43. The summed E-state index contributed by atoms with van der Waals surface area (Å²) in [6.07, 6.45) is 1.51. The predicted octanol–water partition coefficient (Wildman–Crippen LogP) is 1.88. The monoisotopic (exact) mass is 272 g/mol. The minimum Gasteiger partial charge on any atom is -0.397 e. The predicted molar refractivity (Wildman–Crippen MR) is 72.1 cm³/mol. The fourth-order valence-electron chi connectivity index (χ4n) is 1.83. The van der Waals surface area contributed by atoms with E-state index in [9.17, 15) is 9.18 Å². The highest BCUT2D eigenvalue weighted by molar-refractivity contribution is 5.93. The number of carbonyl (C=O) groups excluding carboxylic acids is 1. The first-order valence-electron chi connectivity index (χ1n) is 5.89. The van der Waals surface area contributed by atoms with Crippen LogP contribution in [0.25, 0.3) is 0 Å². The van der Waals surface area contributed by atoms with Crippen LogP contribution in [-0.2, 0) is 6.54 Å². The smallest absolute Gasteiger partial charge is 0.270 e. The number of aromatic amines is 1. The van der Waals surface area contributed by atoms with E-state index in [1.165, 1.54) is 35.4 Å². The molecule has 0 saturated carbocycles. The van der Waals surface area contributed by atoms with Crippen molar-refractivity contribution in [2.24, 2.45) is 0 Å². The number of rotatable bonds is 3. The molecular formula is C14H13FN4O. The Hall–Kier alpha value is -2.81. The van der Waals surface area contributed by atoms with Crippen LogP contribution >= 0.6 is 0 Å². The van der Waals surface area contributed by atoms with Crippen molar-refractivity contribution in [3.63, 3.8) is 0 Å². The van der Waals surface area contributed by atoms with Crippen LogP contribution in [0.1, 0.15) is 21.6 Å². The van der Waals surface area contributed by atoms with E-state index in [0.717, 1.165) is 0 Å². The molecule has 0 aliphatic rings. The number of nitrogens with two attached hydrogens (primary N) is 1. The molecule has 2 aromatic rings. The maximum Gasteiger partial charge on any atom is 0.270 e. The van der Waals surface area contributed by atoms with Crippen molar-refractivity contribution in [3.8, 4) is 6.07 Å². The molecule has 0 fully saturated rings. The van der Waals surface area contributed by atoms with Gasteiger partial charge in [-0.3, -0.25) is 4.79 Å². The van der Waals surface area contributed by atoms with Gasteiger partial charge in [0.2, 0.25) is 0 Å². The molecule has 1 heterocycles. The van der Waals surface area contributed by atoms with E-state index in [1.54, 1.807) is 7.05 Å². The number of nitrogens with one attached hydrogen (secondary N) is 1. The van der Waals surface area contributed by atoms with Gasteiger partial charge in [0, 0.05) is 31.0 Å². The van der Waals surface area contributed by atoms with Crippen LogP contribution in [-0.4, -0.2) is 22.8 Å². The Morgan fingerprint density at radius 2 is 2.25 bits per heavy atom. The maximum atomic E-state index is 13.7. The maximum absolute atomic E-state index is 13.7. The Morgan fingerprint density at radius 1 is 1.50 bits per heavy atom. The Balaban J connectivity index is 2.17. The molecule has 1 aromatic heterocycles. The Kier molecular flexibility index (Phi) is 3.71. The largest absolute Gasteiger partial charge is 0.397 e. The lowest BCUT2D eigenvalue weighted by atomic mass is 10.1. The van der Waals surface area contributed by atoms with Gasteiger partial charge < -0.3 is 15.6 Å². The molecule has 0 radical (unpaired) electrons. The number of hydrogen-bond acceptors (Lipinski definition) is 3. The summed E-state index contributed by atoms with van der Waals surface area (Å²) in [5, 5.41) is 8.81. The zero-order chi connectivity index (χ0) is 14.7. The van der Waals surface area contributed by atoms with Crippen LogP contribution in [0.15, 0.2) is 30.5 Å². The number of nitrogen functional groups attached to an aromatic ring is 1. The van der Waals surface area contributed by atoms with Gasteiger partial charge in [0.05, 0.1) is 11.6 Å². The third-order valence-electron chi connectivity index (χ3n) is 2.86. The average molecular weight is 272 g/mol. The molecule has 20 heavy (non-hydrogen) atoms. The molecule has 0 bridgehead atoms. The number of carbonyl (C=O) groups is 1. The summed E-state index contributed by atoms with van der Waals surface area (Å²) in [4.78, 5) is 16.2. The highest BCUT2D eigenvalue weighted by Crippen LogP contribution is 2.14. The van der Waals surface area contributed by atoms with Crippen molar-refractivity contribution in [1.29, 1.82) is 5.26 Å².